The Balaban J connectivity index is 2.02. The lowest BCUT2D eigenvalue weighted by molar-refractivity contribution is 0.663. The maximum absolute atomic E-state index is 4.65. The van der Waals surface area contributed by atoms with Crippen molar-refractivity contribution in [2.24, 2.45) is 0 Å². The average molecular weight is 287 g/mol. The monoisotopic (exact) mass is 287 g/mol. The van der Waals surface area contributed by atoms with E-state index in [9.17, 15) is 0 Å². The molecule has 2 aromatic heterocycles. The Hall–Kier alpha value is -2.18. The van der Waals surface area contributed by atoms with Gasteiger partial charge in [0, 0.05) is 32.4 Å². The van der Waals surface area contributed by atoms with Gasteiger partial charge in [0.05, 0.1) is 0 Å². The molecule has 0 amide bonds. The van der Waals surface area contributed by atoms with Gasteiger partial charge in [-0.3, -0.25) is 4.68 Å². The molecule has 0 aromatic carbocycles. The minimum Gasteiger partial charge on any atom is -0.354 e. The Morgan fingerprint density at radius 2 is 1.95 bits per heavy atom. The Kier molecular flexibility index (Phi) is 3.98. The number of hydrogen-bond acceptors (Lipinski definition) is 6. The van der Waals surface area contributed by atoms with Crippen LogP contribution in [-0.2, 0) is 6.54 Å². The Bertz CT molecular complexity index is 601. The fourth-order valence-corrected chi connectivity index (χ4v) is 2.55. The molecule has 0 saturated carbocycles. The van der Waals surface area contributed by atoms with Crippen molar-refractivity contribution in [1.29, 1.82) is 0 Å². The molecule has 0 spiro atoms. The van der Waals surface area contributed by atoms with Crippen LogP contribution in [0, 0.1) is 0 Å². The summed E-state index contributed by atoms with van der Waals surface area (Å²) in [7, 11) is 0. The second kappa shape index (κ2) is 6.07. The summed E-state index contributed by atoms with van der Waals surface area (Å²) in [6.07, 6.45) is 4.18. The van der Waals surface area contributed by atoms with Gasteiger partial charge in [-0.2, -0.15) is 20.1 Å². The first-order valence-corrected chi connectivity index (χ1v) is 7.59. The summed E-state index contributed by atoms with van der Waals surface area (Å²) >= 11 is 0. The molecule has 0 unspecified atom stereocenters. The highest BCUT2D eigenvalue weighted by Gasteiger charge is 2.19. The van der Waals surface area contributed by atoms with Gasteiger partial charge in [0.2, 0.25) is 11.9 Å². The zero-order valence-corrected chi connectivity index (χ0v) is 12.6. The van der Waals surface area contributed by atoms with Gasteiger partial charge in [-0.1, -0.05) is 0 Å². The molecular formula is C14H21N7. The molecule has 0 bridgehead atoms. The number of rotatable bonds is 5. The van der Waals surface area contributed by atoms with Crippen LogP contribution in [0.5, 0.6) is 0 Å². The molecule has 1 N–H and O–H groups in total. The first-order chi connectivity index (χ1) is 10.3. The van der Waals surface area contributed by atoms with Crippen LogP contribution in [0.25, 0.3) is 11.5 Å². The lowest BCUT2D eigenvalue weighted by Crippen LogP contribution is -2.22. The molecule has 7 nitrogen and oxygen atoms in total. The zero-order valence-electron chi connectivity index (χ0n) is 12.6. The van der Waals surface area contributed by atoms with Gasteiger partial charge < -0.3 is 10.2 Å². The standard InChI is InChI=1S/C14H21N7/c1-3-15-13-17-12(11-7-8-16-21(11)4-2)18-14(19-13)20-9-5-6-10-20/h7-8H,3-6,9-10H2,1-2H3,(H,15,17,18,19). The highest BCUT2D eigenvalue weighted by atomic mass is 15.3. The van der Waals surface area contributed by atoms with Gasteiger partial charge in [0.25, 0.3) is 0 Å². The van der Waals surface area contributed by atoms with E-state index in [1.807, 2.05) is 17.7 Å². The topological polar surface area (TPSA) is 71.8 Å². The number of nitrogens with zero attached hydrogens (tertiary/aromatic N) is 6. The van der Waals surface area contributed by atoms with E-state index in [4.69, 9.17) is 0 Å². The van der Waals surface area contributed by atoms with Crippen LogP contribution in [0.15, 0.2) is 12.3 Å². The molecule has 21 heavy (non-hydrogen) atoms. The van der Waals surface area contributed by atoms with Gasteiger partial charge in [-0.25, -0.2) is 0 Å². The van der Waals surface area contributed by atoms with Crippen LogP contribution in [0.2, 0.25) is 0 Å². The van der Waals surface area contributed by atoms with Crippen LogP contribution >= 0.6 is 0 Å². The van der Waals surface area contributed by atoms with Crippen LogP contribution in [0.3, 0.4) is 0 Å². The molecule has 0 aliphatic carbocycles. The summed E-state index contributed by atoms with van der Waals surface area (Å²) in [6, 6.07) is 1.95. The Morgan fingerprint density at radius 1 is 1.14 bits per heavy atom. The van der Waals surface area contributed by atoms with Gasteiger partial charge in [0.1, 0.15) is 5.69 Å². The van der Waals surface area contributed by atoms with Crippen molar-refractivity contribution in [2.45, 2.75) is 33.2 Å². The number of aromatic nitrogens is 5. The summed E-state index contributed by atoms with van der Waals surface area (Å²) < 4.78 is 1.90. The summed E-state index contributed by atoms with van der Waals surface area (Å²) in [4.78, 5) is 15.9. The zero-order chi connectivity index (χ0) is 14.7. The smallest absolute Gasteiger partial charge is 0.230 e. The van der Waals surface area contributed by atoms with Crippen molar-refractivity contribution in [2.75, 3.05) is 29.9 Å². The molecule has 0 radical (unpaired) electrons. The molecular weight excluding hydrogens is 266 g/mol. The first-order valence-electron chi connectivity index (χ1n) is 7.59. The molecule has 2 aromatic rings. The van der Waals surface area contributed by atoms with E-state index in [2.05, 4.69) is 37.2 Å². The van der Waals surface area contributed by atoms with Crippen molar-refractivity contribution in [1.82, 2.24) is 24.7 Å². The molecule has 7 heteroatoms. The number of anilines is 2. The maximum Gasteiger partial charge on any atom is 0.230 e. The normalized spacial score (nSPS) is 14.7. The van der Waals surface area contributed by atoms with Crippen molar-refractivity contribution >= 4 is 11.9 Å². The molecule has 0 atom stereocenters. The third kappa shape index (κ3) is 2.81. The van der Waals surface area contributed by atoms with Crippen molar-refractivity contribution in [3.05, 3.63) is 12.3 Å². The third-order valence-corrected chi connectivity index (χ3v) is 3.59. The van der Waals surface area contributed by atoms with E-state index in [1.165, 1.54) is 12.8 Å². The predicted octanol–water partition coefficient (Wildman–Crippen LogP) is 1.79. The highest BCUT2D eigenvalue weighted by molar-refractivity contribution is 5.54. The van der Waals surface area contributed by atoms with Crippen molar-refractivity contribution in [3.63, 3.8) is 0 Å². The average Bonchev–Trinajstić information content (AvgIpc) is 3.18. The summed E-state index contributed by atoms with van der Waals surface area (Å²) in [5.41, 5.74) is 0.930. The molecule has 3 rings (SSSR count). The lowest BCUT2D eigenvalue weighted by atomic mass is 10.4. The molecule has 1 saturated heterocycles. The van der Waals surface area contributed by atoms with E-state index in [0.717, 1.165) is 37.8 Å². The molecule has 1 fully saturated rings. The van der Waals surface area contributed by atoms with Gasteiger partial charge >= 0.3 is 0 Å². The van der Waals surface area contributed by atoms with Gasteiger partial charge in [0.15, 0.2) is 5.82 Å². The minimum atomic E-state index is 0.633. The molecule has 112 valence electrons. The Morgan fingerprint density at radius 3 is 2.67 bits per heavy atom. The number of aryl methyl sites for hydroxylation is 1. The summed E-state index contributed by atoms with van der Waals surface area (Å²) in [5.74, 6) is 2.08. The second-order valence-electron chi connectivity index (χ2n) is 5.04. The quantitative estimate of drug-likeness (QED) is 0.904. The van der Waals surface area contributed by atoms with E-state index in [1.54, 1.807) is 6.20 Å². The first kappa shape index (κ1) is 13.8. The van der Waals surface area contributed by atoms with Gasteiger partial charge in [-0.05, 0) is 32.8 Å². The maximum atomic E-state index is 4.65. The SMILES string of the molecule is CCNc1nc(-c2ccnn2CC)nc(N2CCCC2)n1. The third-order valence-electron chi connectivity index (χ3n) is 3.59. The fraction of sp³-hybridized carbons (Fsp3) is 0.571. The summed E-state index contributed by atoms with van der Waals surface area (Å²) in [5, 5.41) is 7.49. The van der Waals surface area contributed by atoms with Crippen molar-refractivity contribution < 1.29 is 0 Å². The second-order valence-corrected chi connectivity index (χ2v) is 5.04. The number of hydrogen-bond donors (Lipinski definition) is 1. The largest absolute Gasteiger partial charge is 0.354 e. The van der Waals surface area contributed by atoms with Gasteiger partial charge in [-0.15, -0.1) is 0 Å². The van der Waals surface area contributed by atoms with E-state index < -0.39 is 0 Å². The molecule has 3 heterocycles. The predicted molar refractivity (Wildman–Crippen MR) is 82.3 cm³/mol. The minimum absolute atomic E-state index is 0.633. The van der Waals surface area contributed by atoms with Crippen LogP contribution in [0.4, 0.5) is 11.9 Å². The molecule has 1 aliphatic rings. The van der Waals surface area contributed by atoms with E-state index >= 15 is 0 Å². The van der Waals surface area contributed by atoms with E-state index in [0.29, 0.717) is 11.8 Å². The van der Waals surface area contributed by atoms with Crippen LogP contribution in [0.1, 0.15) is 26.7 Å². The van der Waals surface area contributed by atoms with E-state index in [-0.39, 0.29) is 0 Å². The Labute approximate surface area is 124 Å². The van der Waals surface area contributed by atoms with Crippen molar-refractivity contribution in [3.8, 4) is 11.5 Å². The number of nitrogens with one attached hydrogen (secondary N) is 1. The lowest BCUT2D eigenvalue weighted by Gasteiger charge is -2.17. The fourth-order valence-electron chi connectivity index (χ4n) is 2.55. The molecule has 1 aliphatic heterocycles. The summed E-state index contributed by atoms with van der Waals surface area (Å²) in [6.45, 7) is 7.71. The van der Waals surface area contributed by atoms with Crippen LogP contribution < -0.4 is 10.2 Å². The highest BCUT2D eigenvalue weighted by Crippen LogP contribution is 2.22. The van der Waals surface area contributed by atoms with Crippen LogP contribution in [-0.4, -0.2) is 44.4 Å².